The molecular formula is C17H17BrCl2NO3P. The van der Waals surface area contributed by atoms with Crippen LogP contribution in [0, 0.1) is 0 Å². The quantitative estimate of drug-likeness (QED) is 0.500. The molecule has 1 saturated heterocycles. The molecule has 4 nitrogen and oxygen atoms in total. The third-order valence-corrected chi connectivity index (χ3v) is 7.01. The maximum atomic E-state index is 13.4. The number of rotatable bonds is 4. The zero-order valence-corrected chi connectivity index (χ0v) is 17.4. The Morgan fingerprint density at radius 2 is 1.84 bits per heavy atom. The molecule has 0 saturated carbocycles. The van der Waals surface area contributed by atoms with Gasteiger partial charge in [0.2, 0.25) is 0 Å². The number of hydrogen-bond acceptors (Lipinski definition) is 4. The Bertz CT molecular complexity index is 783. The third-order valence-electron chi connectivity index (χ3n) is 3.79. The van der Waals surface area contributed by atoms with Crippen LogP contribution in [0.2, 0.25) is 10.0 Å². The largest absolute Gasteiger partial charge is 0.368 e. The number of anilines is 1. The van der Waals surface area contributed by atoms with Crippen molar-refractivity contribution in [1.29, 1.82) is 0 Å². The van der Waals surface area contributed by atoms with Gasteiger partial charge in [0.1, 0.15) is 0 Å². The molecule has 0 unspecified atom stereocenters. The number of halogens is 3. The molecule has 1 fully saturated rings. The summed E-state index contributed by atoms with van der Waals surface area (Å²) in [5, 5.41) is 4.21. The van der Waals surface area contributed by atoms with Gasteiger partial charge in [-0.05, 0) is 49.2 Å². The van der Waals surface area contributed by atoms with E-state index in [1.54, 1.807) is 18.2 Å². The van der Waals surface area contributed by atoms with Gasteiger partial charge < -0.3 is 14.4 Å². The highest BCUT2D eigenvalue weighted by Crippen LogP contribution is 2.63. The molecule has 1 aliphatic heterocycles. The summed E-state index contributed by atoms with van der Waals surface area (Å²) in [4.78, 5) is 0. The van der Waals surface area contributed by atoms with Gasteiger partial charge in [-0.15, -0.1) is 0 Å². The standard InChI is InChI=1S/C17H17BrCl2NO3P/c1-11-6-7-23-25(22,24-11)17(12-2-4-13(18)5-3-12)21-16-9-14(19)8-15(20)10-16/h2-5,8-11,17,21H,6-7H2,1H3/t11-,17-,25+/m0/s1. The maximum absolute atomic E-state index is 13.4. The second-order valence-corrected chi connectivity index (χ2v) is 9.69. The highest BCUT2D eigenvalue weighted by Gasteiger charge is 2.41. The second kappa shape index (κ2) is 7.99. The lowest BCUT2D eigenvalue weighted by Crippen LogP contribution is -2.23. The molecular weight excluding hydrogens is 448 g/mol. The summed E-state index contributed by atoms with van der Waals surface area (Å²) in [5.41, 5.74) is 1.43. The Hall–Kier alpha value is -0.550. The summed E-state index contributed by atoms with van der Waals surface area (Å²) in [7, 11) is -3.43. The van der Waals surface area contributed by atoms with Crippen molar-refractivity contribution in [2.24, 2.45) is 0 Å². The Morgan fingerprint density at radius 1 is 1.20 bits per heavy atom. The van der Waals surface area contributed by atoms with Crippen molar-refractivity contribution >= 4 is 52.4 Å². The topological polar surface area (TPSA) is 47.6 Å². The first-order valence-corrected chi connectivity index (χ1v) is 10.9. The summed E-state index contributed by atoms with van der Waals surface area (Å²) < 4.78 is 25.7. The molecule has 0 aromatic heterocycles. The fourth-order valence-corrected chi connectivity index (χ4v) is 5.53. The number of nitrogens with one attached hydrogen (secondary N) is 1. The van der Waals surface area contributed by atoms with Crippen molar-refractivity contribution in [1.82, 2.24) is 0 Å². The van der Waals surface area contributed by atoms with E-state index in [1.165, 1.54) is 0 Å². The first-order valence-electron chi connectivity index (χ1n) is 7.76. The van der Waals surface area contributed by atoms with Crippen LogP contribution in [0.25, 0.3) is 0 Å². The van der Waals surface area contributed by atoms with Crippen molar-refractivity contribution in [3.8, 4) is 0 Å². The van der Waals surface area contributed by atoms with E-state index in [0.29, 0.717) is 28.8 Å². The molecule has 2 aromatic carbocycles. The van der Waals surface area contributed by atoms with Gasteiger partial charge in [-0.1, -0.05) is 51.3 Å². The fourth-order valence-electron chi connectivity index (χ4n) is 2.60. The van der Waals surface area contributed by atoms with Gasteiger partial charge in [0.25, 0.3) is 0 Å². The minimum absolute atomic E-state index is 0.137. The number of hydrogen-bond donors (Lipinski definition) is 1. The highest BCUT2D eigenvalue weighted by atomic mass is 79.9. The van der Waals surface area contributed by atoms with Crippen molar-refractivity contribution < 1.29 is 13.6 Å². The Kier molecular flexibility index (Phi) is 6.15. The summed E-state index contributed by atoms with van der Waals surface area (Å²) >= 11 is 15.6. The first kappa shape index (κ1) is 19.2. The van der Waals surface area contributed by atoms with Gasteiger partial charge in [0.05, 0.1) is 12.7 Å². The summed E-state index contributed by atoms with van der Waals surface area (Å²) in [5.74, 6) is -0.669. The maximum Gasteiger partial charge on any atom is 0.357 e. The highest BCUT2D eigenvalue weighted by molar-refractivity contribution is 9.10. The smallest absolute Gasteiger partial charge is 0.357 e. The van der Waals surface area contributed by atoms with Crippen LogP contribution >= 0.6 is 46.7 Å². The molecule has 25 heavy (non-hydrogen) atoms. The first-order chi connectivity index (χ1) is 11.9. The SMILES string of the molecule is C[C@H]1CCO[P@](=O)([C@H](Nc2cc(Cl)cc(Cl)c2)c2ccc(Br)cc2)O1. The summed E-state index contributed by atoms with van der Waals surface area (Å²) in [6.45, 7) is 2.29. The normalized spacial score (nSPS) is 24.7. The lowest BCUT2D eigenvalue weighted by atomic mass is 10.2. The summed E-state index contributed by atoms with van der Waals surface area (Å²) in [6.07, 6.45) is 0.572. The van der Waals surface area contributed by atoms with Crippen LogP contribution < -0.4 is 5.32 Å². The molecule has 2 aromatic rings. The Morgan fingerprint density at radius 3 is 2.44 bits per heavy atom. The molecule has 1 heterocycles. The van der Waals surface area contributed by atoms with Gasteiger partial charge >= 0.3 is 7.60 Å². The van der Waals surface area contributed by atoms with Crippen LogP contribution in [0.3, 0.4) is 0 Å². The molecule has 3 atom stereocenters. The molecule has 1 N–H and O–H groups in total. The van der Waals surface area contributed by atoms with Crippen LogP contribution in [0.1, 0.15) is 24.7 Å². The molecule has 134 valence electrons. The van der Waals surface area contributed by atoms with Gasteiger partial charge in [-0.2, -0.15) is 0 Å². The molecule has 1 aliphatic rings. The van der Waals surface area contributed by atoms with E-state index in [0.717, 1.165) is 10.0 Å². The van der Waals surface area contributed by atoms with Crippen molar-refractivity contribution in [2.75, 3.05) is 11.9 Å². The van der Waals surface area contributed by atoms with Crippen LogP contribution in [-0.2, 0) is 13.6 Å². The average Bonchev–Trinajstić information content (AvgIpc) is 2.52. The van der Waals surface area contributed by atoms with E-state index in [1.807, 2.05) is 31.2 Å². The molecule has 0 amide bonds. The predicted molar refractivity (Wildman–Crippen MR) is 106 cm³/mol. The van der Waals surface area contributed by atoms with Crippen molar-refractivity contribution in [3.05, 3.63) is 62.5 Å². The lowest BCUT2D eigenvalue weighted by molar-refractivity contribution is 0.0887. The molecule has 3 rings (SSSR count). The van der Waals surface area contributed by atoms with E-state index in [2.05, 4.69) is 21.2 Å². The van der Waals surface area contributed by atoms with E-state index in [4.69, 9.17) is 32.2 Å². The van der Waals surface area contributed by atoms with Gasteiger partial charge in [0.15, 0.2) is 5.78 Å². The monoisotopic (exact) mass is 463 g/mol. The van der Waals surface area contributed by atoms with E-state index in [-0.39, 0.29) is 6.10 Å². The van der Waals surface area contributed by atoms with E-state index < -0.39 is 13.4 Å². The van der Waals surface area contributed by atoms with Gasteiger partial charge in [-0.25, -0.2) is 0 Å². The predicted octanol–water partition coefficient (Wildman–Crippen LogP) is 6.89. The molecule has 0 spiro atoms. The van der Waals surface area contributed by atoms with Gasteiger partial charge in [-0.3, -0.25) is 4.57 Å². The summed E-state index contributed by atoms with van der Waals surface area (Å²) in [6, 6.07) is 12.6. The molecule has 0 bridgehead atoms. The van der Waals surface area contributed by atoms with Gasteiger partial charge in [0, 0.05) is 20.2 Å². The molecule has 0 aliphatic carbocycles. The van der Waals surface area contributed by atoms with Crippen molar-refractivity contribution in [2.45, 2.75) is 25.2 Å². The van der Waals surface area contributed by atoms with E-state index >= 15 is 0 Å². The van der Waals surface area contributed by atoms with Crippen LogP contribution in [0.4, 0.5) is 5.69 Å². The Balaban J connectivity index is 1.99. The van der Waals surface area contributed by atoms with E-state index in [9.17, 15) is 4.57 Å². The van der Waals surface area contributed by atoms with Crippen LogP contribution in [0.15, 0.2) is 46.9 Å². The Labute approximate surface area is 165 Å². The minimum Gasteiger partial charge on any atom is -0.368 e. The third kappa shape index (κ3) is 4.79. The van der Waals surface area contributed by atoms with Crippen LogP contribution in [-0.4, -0.2) is 12.7 Å². The lowest BCUT2D eigenvalue weighted by Gasteiger charge is -2.34. The molecule has 0 radical (unpaired) electrons. The average molecular weight is 465 g/mol. The van der Waals surface area contributed by atoms with Crippen LogP contribution in [0.5, 0.6) is 0 Å². The molecule has 8 heteroatoms. The zero-order chi connectivity index (χ0) is 18.0. The minimum atomic E-state index is -3.43. The number of benzene rings is 2. The van der Waals surface area contributed by atoms with Crippen molar-refractivity contribution in [3.63, 3.8) is 0 Å². The fraction of sp³-hybridized carbons (Fsp3) is 0.294. The zero-order valence-electron chi connectivity index (χ0n) is 13.4. The second-order valence-electron chi connectivity index (χ2n) is 5.83.